The quantitative estimate of drug-likeness (QED) is 0.794. The van der Waals surface area contributed by atoms with Crippen molar-refractivity contribution in [3.8, 4) is 5.75 Å². The number of carbonyl (C=O) groups excluding carboxylic acids is 2. The molecule has 0 saturated heterocycles. The molecule has 130 valence electrons. The molecule has 1 amide bonds. The van der Waals surface area contributed by atoms with E-state index in [1.54, 1.807) is 18.2 Å². The molecule has 2 aliphatic carbocycles. The van der Waals surface area contributed by atoms with Crippen LogP contribution in [0.15, 0.2) is 18.2 Å². The zero-order valence-electron chi connectivity index (χ0n) is 13.7. The highest BCUT2D eigenvalue weighted by molar-refractivity contribution is 6.32. The number of methoxy groups -OCH3 is 1. The molecular formula is C18H22ClNO4. The van der Waals surface area contributed by atoms with Crippen LogP contribution < -0.4 is 10.1 Å². The van der Waals surface area contributed by atoms with Gasteiger partial charge in [-0.25, -0.2) is 0 Å². The molecule has 0 unspecified atom stereocenters. The Balaban J connectivity index is 1.42. The van der Waals surface area contributed by atoms with Crippen molar-refractivity contribution in [3.05, 3.63) is 23.2 Å². The summed E-state index contributed by atoms with van der Waals surface area (Å²) < 4.78 is 10.2. The molecule has 1 N–H and O–H groups in total. The van der Waals surface area contributed by atoms with Gasteiger partial charge in [0.25, 0.3) is 5.91 Å². The highest BCUT2D eigenvalue weighted by Gasteiger charge is 2.40. The molecule has 2 saturated carbocycles. The van der Waals surface area contributed by atoms with Crippen LogP contribution in [0.3, 0.4) is 0 Å². The molecule has 2 aliphatic rings. The number of anilines is 1. The average molecular weight is 352 g/mol. The van der Waals surface area contributed by atoms with E-state index < -0.39 is 0 Å². The molecule has 24 heavy (non-hydrogen) atoms. The maximum Gasteiger partial charge on any atom is 0.306 e. The number of rotatable bonds is 6. The Morgan fingerprint density at radius 2 is 2.12 bits per heavy atom. The van der Waals surface area contributed by atoms with Gasteiger partial charge in [0.2, 0.25) is 0 Å². The summed E-state index contributed by atoms with van der Waals surface area (Å²) in [6, 6.07) is 4.94. The summed E-state index contributed by atoms with van der Waals surface area (Å²) in [5, 5.41) is 3.06. The van der Waals surface area contributed by atoms with Crippen LogP contribution in [0.5, 0.6) is 5.75 Å². The van der Waals surface area contributed by atoms with E-state index in [4.69, 9.17) is 21.1 Å². The standard InChI is InChI=1S/C18H22ClNO4/c1-23-16-5-4-14(9-15(16)19)20-17(21)10-24-18(22)8-13-7-11-2-3-12(13)6-11/h4-5,9,11-13H,2-3,6-8,10H2,1H3,(H,20,21)/t11-,12-,13-/m0/s1. The Bertz CT molecular complexity index is 633. The van der Waals surface area contributed by atoms with Crippen LogP contribution in [0.25, 0.3) is 0 Å². The van der Waals surface area contributed by atoms with Crippen molar-refractivity contribution in [2.24, 2.45) is 17.8 Å². The topological polar surface area (TPSA) is 64.6 Å². The molecular weight excluding hydrogens is 330 g/mol. The number of halogens is 1. The zero-order valence-corrected chi connectivity index (χ0v) is 14.5. The van der Waals surface area contributed by atoms with Gasteiger partial charge in [-0.05, 0) is 55.2 Å². The van der Waals surface area contributed by atoms with E-state index in [1.165, 1.54) is 26.4 Å². The molecule has 3 rings (SSSR count). The number of hydrogen-bond acceptors (Lipinski definition) is 4. The van der Waals surface area contributed by atoms with Crippen molar-refractivity contribution in [2.75, 3.05) is 19.0 Å². The Morgan fingerprint density at radius 1 is 1.29 bits per heavy atom. The van der Waals surface area contributed by atoms with Crippen molar-refractivity contribution in [1.29, 1.82) is 0 Å². The number of hydrogen-bond donors (Lipinski definition) is 1. The lowest BCUT2D eigenvalue weighted by Crippen LogP contribution is -2.23. The number of nitrogens with one attached hydrogen (secondary N) is 1. The van der Waals surface area contributed by atoms with E-state index in [9.17, 15) is 9.59 Å². The van der Waals surface area contributed by atoms with Crippen LogP contribution in [-0.2, 0) is 14.3 Å². The van der Waals surface area contributed by atoms with Gasteiger partial charge < -0.3 is 14.8 Å². The molecule has 6 heteroatoms. The van der Waals surface area contributed by atoms with Gasteiger partial charge >= 0.3 is 5.97 Å². The number of carbonyl (C=O) groups is 2. The minimum absolute atomic E-state index is 0.275. The maximum absolute atomic E-state index is 11.9. The fourth-order valence-corrected chi connectivity index (χ4v) is 4.24. The SMILES string of the molecule is COc1ccc(NC(=O)COC(=O)C[C@@H]2C[C@H]3CC[C@H]2C3)cc1Cl. The monoisotopic (exact) mass is 351 g/mol. The van der Waals surface area contributed by atoms with E-state index in [0.29, 0.717) is 34.7 Å². The molecule has 0 spiro atoms. The summed E-state index contributed by atoms with van der Waals surface area (Å²) in [5.74, 6) is 1.80. The largest absolute Gasteiger partial charge is 0.495 e. The van der Waals surface area contributed by atoms with E-state index in [2.05, 4.69) is 5.32 Å². The normalized spacial score (nSPS) is 24.7. The third-order valence-corrected chi connectivity index (χ3v) is 5.41. The van der Waals surface area contributed by atoms with Crippen LogP contribution in [0, 0.1) is 17.8 Å². The molecule has 1 aromatic rings. The second-order valence-electron chi connectivity index (χ2n) is 6.70. The fraction of sp³-hybridized carbons (Fsp3) is 0.556. The number of amides is 1. The maximum atomic E-state index is 11.9. The van der Waals surface area contributed by atoms with Gasteiger partial charge in [-0.3, -0.25) is 9.59 Å². The lowest BCUT2D eigenvalue weighted by Gasteiger charge is -2.20. The molecule has 0 heterocycles. The smallest absolute Gasteiger partial charge is 0.306 e. The molecule has 1 aromatic carbocycles. The minimum Gasteiger partial charge on any atom is -0.495 e. The van der Waals surface area contributed by atoms with E-state index in [1.807, 2.05) is 0 Å². The molecule has 2 fully saturated rings. The van der Waals surface area contributed by atoms with Crippen molar-refractivity contribution in [2.45, 2.75) is 32.1 Å². The molecule has 0 radical (unpaired) electrons. The summed E-state index contributed by atoms with van der Waals surface area (Å²) >= 11 is 6.00. The van der Waals surface area contributed by atoms with Gasteiger partial charge in [-0.2, -0.15) is 0 Å². The van der Waals surface area contributed by atoms with Crippen molar-refractivity contribution in [1.82, 2.24) is 0 Å². The fourth-order valence-electron chi connectivity index (χ4n) is 3.99. The second-order valence-corrected chi connectivity index (χ2v) is 7.10. The Kier molecular flexibility index (Phi) is 5.29. The van der Waals surface area contributed by atoms with Gasteiger partial charge in [-0.15, -0.1) is 0 Å². The number of fused-ring (bicyclic) bond motifs is 2. The highest BCUT2D eigenvalue weighted by atomic mass is 35.5. The zero-order chi connectivity index (χ0) is 17.1. The summed E-state index contributed by atoms with van der Waals surface area (Å²) in [7, 11) is 1.52. The first-order chi connectivity index (χ1) is 11.5. The van der Waals surface area contributed by atoms with Crippen LogP contribution in [0.4, 0.5) is 5.69 Å². The van der Waals surface area contributed by atoms with Crippen LogP contribution in [-0.4, -0.2) is 25.6 Å². The Labute approximate surface area is 146 Å². The van der Waals surface area contributed by atoms with E-state index >= 15 is 0 Å². The van der Waals surface area contributed by atoms with Crippen molar-refractivity contribution >= 4 is 29.2 Å². The average Bonchev–Trinajstić information content (AvgIpc) is 3.16. The van der Waals surface area contributed by atoms with Crippen molar-refractivity contribution < 1.29 is 19.1 Å². The summed E-state index contributed by atoms with van der Waals surface area (Å²) in [4.78, 5) is 23.8. The predicted molar refractivity (Wildman–Crippen MR) is 91.1 cm³/mol. The number of esters is 1. The van der Waals surface area contributed by atoms with E-state index in [-0.39, 0.29) is 18.5 Å². The third-order valence-electron chi connectivity index (χ3n) is 5.11. The molecule has 0 aliphatic heterocycles. The Morgan fingerprint density at radius 3 is 2.75 bits per heavy atom. The lowest BCUT2D eigenvalue weighted by molar-refractivity contribution is -0.148. The molecule has 2 bridgehead atoms. The Hall–Kier alpha value is -1.75. The summed E-state index contributed by atoms with van der Waals surface area (Å²) in [6.45, 7) is -0.275. The van der Waals surface area contributed by atoms with Gasteiger partial charge in [0, 0.05) is 12.1 Å². The number of ether oxygens (including phenoxy) is 2. The summed E-state index contributed by atoms with van der Waals surface area (Å²) in [5.41, 5.74) is 0.537. The first kappa shape index (κ1) is 17.1. The minimum atomic E-state index is -0.377. The predicted octanol–water partition coefficient (Wildman–Crippen LogP) is 3.66. The van der Waals surface area contributed by atoms with E-state index in [0.717, 1.165) is 12.3 Å². The van der Waals surface area contributed by atoms with Crippen molar-refractivity contribution in [3.63, 3.8) is 0 Å². The lowest BCUT2D eigenvalue weighted by atomic mass is 9.86. The van der Waals surface area contributed by atoms with Gasteiger partial charge in [0.15, 0.2) is 6.61 Å². The highest BCUT2D eigenvalue weighted by Crippen LogP contribution is 2.49. The van der Waals surface area contributed by atoms with Gasteiger partial charge in [0.1, 0.15) is 5.75 Å². The van der Waals surface area contributed by atoms with Crippen LogP contribution in [0.2, 0.25) is 5.02 Å². The summed E-state index contributed by atoms with van der Waals surface area (Å²) in [6.07, 6.45) is 5.38. The molecule has 0 aromatic heterocycles. The molecule has 3 atom stereocenters. The van der Waals surface area contributed by atoms with Gasteiger partial charge in [-0.1, -0.05) is 18.0 Å². The second kappa shape index (κ2) is 7.43. The first-order valence-corrected chi connectivity index (χ1v) is 8.72. The van der Waals surface area contributed by atoms with Crippen LogP contribution >= 0.6 is 11.6 Å². The third kappa shape index (κ3) is 4.01. The van der Waals surface area contributed by atoms with Gasteiger partial charge in [0.05, 0.1) is 12.1 Å². The van der Waals surface area contributed by atoms with Crippen LogP contribution in [0.1, 0.15) is 32.1 Å². The first-order valence-electron chi connectivity index (χ1n) is 8.34. The number of benzene rings is 1. The molecule has 5 nitrogen and oxygen atoms in total.